The summed E-state index contributed by atoms with van der Waals surface area (Å²) in [5.74, 6) is -0.395. The molecule has 1 atom stereocenters. The first-order valence-electron chi connectivity index (χ1n) is 7.94. The van der Waals surface area contributed by atoms with Crippen LogP contribution in [0.25, 0.3) is 6.08 Å². The molecule has 0 saturated heterocycles. The molecule has 0 radical (unpaired) electrons. The Kier molecular flexibility index (Phi) is 5.41. The second-order valence-electron chi connectivity index (χ2n) is 5.66. The van der Waals surface area contributed by atoms with Crippen LogP contribution in [0.4, 0.5) is 4.39 Å². The predicted octanol–water partition coefficient (Wildman–Crippen LogP) is 5.15. The predicted molar refractivity (Wildman–Crippen MR) is 101 cm³/mol. The number of amides is 1. The highest BCUT2D eigenvalue weighted by Crippen LogP contribution is 2.28. The molecular weight excluding hydrogens is 333 g/mol. The Balaban J connectivity index is 1.90. The minimum absolute atomic E-state index is 0.105. The van der Waals surface area contributed by atoms with Crippen LogP contribution in [0.15, 0.2) is 78.2 Å². The van der Waals surface area contributed by atoms with Crippen LogP contribution < -0.4 is 0 Å². The summed E-state index contributed by atoms with van der Waals surface area (Å²) in [6.07, 6.45) is 3.39. The van der Waals surface area contributed by atoms with Gasteiger partial charge in [0.1, 0.15) is 5.82 Å². The number of likely N-dealkylation sites (N-methyl/N-ethyl adjacent to an activating group) is 1. The molecule has 1 amide bonds. The number of hydrogen-bond acceptors (Lipinski definition) is 2. The molecule has 1 heterocycles. The van der Waals surface area contributed by atoms with Gasteiger partial charge in [0.25, 0.3) is 0 Å². The lowest BCUT2D eigenvalue weighted by atomic mass is 9.97. The fourth-order valence-corrected chi connectivity index (χ4v) is 3.32. The first-order valence-corrected chi connectivity index (χ1v) is 8.82. The van der Waals surface area contributed by atoms with Gasteiger partial charge < -0.3 is 4.90 Å². The van der Waals surface area contributed by atoms with Gasteiger partial charge in [-0.05, 0) is 40.8 Å². The maximum Gasteiger partial charge on any atom is 0.247 e. The summed E-state index contributed by atoms with van der Waals surface area (Å²) in [5.41, 5.74) is 1.85. The van der Waals surface area contributed by atoms with E-state index in [1.165, 1.54) is 12.1 Å². The fraction of sp³-hybridized carbons (Fsp3) is 0.0952. The number of thiophene rings is 1. The molecule has 126 valence electrons. The van der Waals surface area contributed by atoms with Crippen LogP contribution in [0.3, 0.4) is 0 Å². The lowest BCUT2D eigenvalue weighted by Gasteiger charge is -2.28. The minimum Gasteiger partial charge on any atom is -0.331 e. The third kappa shape index (κ3) is 4.22. The van der Waals surface area contributed by atoms with Crippen molar-refractivity contribution in [3.63, 3.8) is 0 Å². The maximum atomic E-state index is 13.3. The summed E-state index contributed by atoms with van der Waals surface area (Å²) in [6.45, 7) is 0. The highest BCUT2D eigenvalue weighted by Gasteiger charge is 2.22. The van der Waals surface area contributed by atoms with Crippen molar-refractivity contribution in [2.45, 2.75) is 6.04 Å². The van der Waals surface area contributed by atoms with Crippen molar-refractivity contribution in [2.24, 2.45) is 0 Å². The molecule has 25 heavy (non-hydrogen) atoms. The second-order valence-corrected chi connectivity index (χ2v) is 6.64. The van der Waals surface area contributed by atoms with Crippen molar-refractivity contribution in [1.29, 1.82) is 0 Å². The number of carbonyl (C=O) groups is 1. The Morgan fingerprint density at radius 2 is 1.68 bits per heavy atom. The quantitative estimate of drug-likeness (QED) is 0.582. The highest BCUT2D eigenvalue weighted by molar-refractivity contribution is 7.10. The highest BCUT2D eigenvalue weighted by atomic mass is 32.1. The SMILES string of the molecule is CN(C(=O)C=Cc1cccs1)C(c1ccccc1)c1ccc(F)cc1. The number of halogens is 1. The molecule has 0 spiro atoms. The van der Waals surface area contributed by atoms with E-state index in [1.807, 2.05) is 53.9 Å². The van der Waals surface area contributed by atoms with Gasteiger partial charge in [0, 0.05) is 18.0 Å². The first-order chi connectivity index (χ1) is 12.1. The van der Waals surface area contributed by atoms with Crippen molar-refractivity contribution in [1.82, 2.24) is 4.90 Å². The molecule has 0 saturated carbocycles. The Labute approximate surface area is 150 Å². The van der Waals surface area contributed by atoms with Gasteiger partial charge in [0.15, 0.2) is 0 Å². The fourth-order valence-electron chi connectivity index (χ4n) is 2.70. The van der Waals surface area contributed by atoms with E-state index in [1.54, 1.807) is 41.5 Å². The zero-order valence-corrected chi connectivity index (χ0v) is 14.6. The molecule has 2 nitrogen and oxygen atoms in total. The molecular formula is C21H18FNOS. The zero-order valence-electron chi connectivity index (χ0n) is 13.8. The molecule has 2 aromatic carbocycles. The van der Waals surface area contributed by atoms with Crippen molar-refractivity contribution >= 4 is 23.3 Å². The van der Waals surface area contributed by atoms with Crippen LogP contribution >= 0.6 is 11.3 Å². The Morgan fingerprint density at radius 1 is 1.00 bits per heavy atom. The lowest BCUT2D eigenvalue weighted by molar-refractivity contribution is -0.126. The smallest absolute Gasteiger partial charge is 0.247 e. The molecule has 0 N–H and O–H groups in total. The first kappa shape index (κ1) is 17.1. The van der Waals surface area contributed by atoms with E-state index in [-0.39, 0.29) is 17.8 Å². The van der Waals surface area contributed by atoms with Crippen molar-refractivity contribution in [3.05, 3.63) is 100 Å². The van der Waals surface area contributed by atoms with Crippen LogP contribution in [-0.4, -0.2) is 17.9 Å². The van der Waals surface area contributed by atoms with E-state index in [0.717, 1.165) is 16.0 Å². The van der Waals surface area contributed by atoms with Crippen LogP contribution in [0, 0.1) is 5.82 Å². The molecule has 4 heteroatoms. The topological polar surface area (TPSA) is 20.3 Å². The third-order valence-corrected chi connectivity index (χ3v) is 4.81. The molecule has 1 aromatic heterocycles. The Bertz CT molecular complexity index is 841. The lowest BCUT2D eigenvalue weighted by Crippen LogP contribution is -2.30. The van der Waals surface area contributed by atoms with E-state index < -0.39 is 0 Å². The maximum absolute atomic E-state index is 13.3. The molecule has 3 rings (SSSR count). The Morgan fingerprint density at radius 3 is 2.32 bits per heavy atom. The van der Waals surface area contributed by atoms with Gasteiger partial charge >= 0.3 is 0 Å². The molecule has 0 aliphatic rings. The van der Waals surface area contributed by atoms with Gasteiger partial charge in [-0.3, -0.25) is 4.79 Å². The van der Waals surface area contributed by atoms with Gasteiger partial charge in [0.2, 0.25) is 5.91 Å². The normalized spacial score (nSPS) is 12.2. The van der Waals surface area contributed by atoms with Crippen LogP contribution in [0.2, 0.25) is 0 Å². The summed E-state index contributed by atoms with van der Waals surface area (Å²) in [5, 5.41) is 1.97. The number of nitrogens with zero attached hydrogens (tertiary/aromatic N) is 1. The molecule has 0 fully saturated rings. The standard InChI is InChI=1S/C21H18FNOS/c1-23(20(24)14-13-19-8-5-15-25-19)21(16-6-3-2-4-7-16)17-9-11-18(22)12-10-17/h2-15,21H,1H3. The van der Waals surface area contributed by atoms with Gasteiger partial charge in [0.05, 0.1) is 6.04 Å². The van der Waals surface area contributed by atoms with Crippen LogP contribution in [0.1, 0.15) is 22.0 Å². The van der Waals surface area contributed by atoms with Gasteiger partial charge in [-0.2, -0.15) is 0 Å². The van der Waals surface area contributed by atoms with Crippen molar-refractivity contribution < 1.29 is 9.18 Å². The Hall–Kier alpha value is -2.72. The molecule has 0 aliphatic heterocycles. The number of benzene rings is 2. The molecule has 0 bridgehead atoms. The van der Waals surface area contributed by atoms with E-state index in [0.29, 0.717) is 0 Å². The molecule has 3 aromatic rings. The van der Waals surface area contributed by atoms with Crippen molar-refractivity contribution in [3.8, 4) is 0 Å². The number of rotatable bonds is 5. The van der Waals surface area contributed by atoms with Gasteiger partial charge in [-0.1, -0.05) is 48.5 Å². The summed E-state index contributed by atoms with van der Waals surface area (Å²) >= 11 is 1.58. The van der Waals surface area contributed by atoms with Gasteiger partial charge in [-0.25, -0.2) is 4.39 Å². The zero-order chi connectivity index (χ0) is 17.6. The summed E-state index contributed by atoms with van der Waals surface area (Å²) in [7, 11) is 1.77. The number of carbonyl (C=O) groups excluding carboxylic acids is 1. The monoisotopic (exact) mass is 351 g/mol. The largest absolute Gasteiger partial charge is 0.331 e. The van der Waals surface area contributed by atoms with E-state index in [4.69, 9.17) is 0 Å². The third-order valence-electron chi connectivity index (χ3n) is 3.97. The van der Waals surface area contributed by atoms with Gasteiger partial charge in [-0.15, -0.1) is 11.3 Å². The van der Waals surface area contributed by atoms with Crippen molar-refractivity contribution in [2.75, 3.05) is 7.05 Å². The van der Waals surface area contributed by atoms with E-state index in [9.17, 15) is 9.18 Å². The molecule has 1 unspecified atom stereocenters. The van der Waals surface area contributed by atoms with E-state index in [2.05, 4.69) is 0 Å². The van der Waals surface area contributed by atoms with Crippen LogP contribution in [-0.2, 0) is 4.79 Å². The number of hydrogen-bond donors (Lipinski definition) is 0. The molecule has 0 aliphatic carbocycles. The van der Waals surface area contributed by atoms with E-state index >= 15 is 0 Å². The average molecular weight is 351 g/mol. The summed E-state index contributed by atoms with van der Waals surface area (Å²) in [6, 6.07) is 19.7. The second kappa shape index (κ2) is 7.90. The van der Waals surface area contributed by atoms with Crippen LogP contribution in [0.5, 0.6) is 0 Å². The minimum atomic E-state index is -0.290. The average Bonchev–Trinajstić information content (AvgIpc) is 3.16. The summed E-state index contributed by atoms with van der Waals surface area (Å²) < 4.78 is 13.3. The summed E-state index contributed by atoms with van der Waals surface area (Å²) in [4.78, 5) is 15.4.